The smallest absolute Gasteiger partial charge is 0.338 e. The number of piperazine rings is 1. The molecule has 3 heterocycles. The van der Waals surface area contributed by atoms with Crippen LogP contribution in [0.15, 0.2) is 41.3 Å². The Morgan fingerprint density at radius 3 is 2.39 bits per heavy atom. The Kier molecular flexibility index (Phi) is 7.01. The second-order valence-corrected chi connectivity index (χ2v) is 11.5. The number of nitrogens with zero attached hydrogens (tertiary/aromatic N) is 5. The summed E-state index contributed by atoms with van der Waals surface area (Å²) in [5.74, 6) is 0.770. The minimum atomic E-state index is -0.944. The van der Waals surface area contributed by atoms with E-state index in [0.29, 0.717) is 31.9 Å². The van der Waals surface area contributed by atoms with Crippen LogP contribution >= 0.6 is 0 Å². The summed E-state index contributed by atoms with van der Waals surface area (Å²) in [5, 5.41) is 2.69. The van der Waals surface area contributed by atoms with Gasteiger partial charge in [0.25, 0.3) is 0 Å². The third kappa shape index (κ3) is 5.74. The highest BCUT2D eigenvalue weighted by molar-refractivity contribution is 5.89. The number of carbonyl (C=O) groups is 2. The number of anilines is 1. The molecule has 11 heteroatoms. The number of likely N-dealkylation sites (tertiary alicyclic amines) is 1. The van der Waals surface area contributed by atoms with Gasteiger partial charge >= 0.3 is 11.7 Å². The number of hydrogen-bond donors (Lipinski definition) is 3. The van der Waals surface area contributed by atoms with Crippen LogP contribution in [0.3, 0.4) is 0 Å². The third-order valence-corrected chi connectivity index (χ3v) is 7.97. The second kappa shape index (κ2) is 10.1. The fourth-order valence-corrected chi connectivity index (χ4v) is 5.50. The lowest BCUT2D eigenvalue weighted by Crippen LogP contribution is -2.58. The zero-order valence-electron chi connectivity index (χ0n) is 22.2. The zero-order valence-corrected chi connectivity index (χ0v) is 22.2. The molecule has 5 rings (SSSR count). The van der Waals surface area contributed by atoms with E-state index >= 15 is 0 Å². The number of hydrogen-bond acceptors (Lipinski definition) is 7. The van der Waals surface area contributed by atoms with Crippen LogP contribution in [0.4, 0.5) is 10.6 Å². The number of urea groups is 1. The van der Waals surface area contributed by atoms with Gasteiger partial charge in [-0.05, 0) is 69.3 Å². The molecule has 2 atom stereocenters. The predicted molar refractivity (Wildman–Crippen MR) is 145 cm³/mol. The van der Waals surface area contributed by atoms with E-state index in [9.17, 15) is 14.4 Å². The van der Waals surface area contributed by atoms with Gasteiger partial charge in [0.15, 0.2) is 0 Å². The molecule has 3 fully saturated rings. The van der Waals surface area contributed by atoms with Gasteiger partial charge < -0.3 is 26.2 Å². The molecule has 2 aliphatic heterocycles. The average molecular weight is 523 g/mol. The first-order valence-corrected chi connectivity index (χ1v) is 13.4. The number of amides is 3. The van der Waals surface area contributed by atoms with Crippen molar-refractivity contribution in [2.45, 2.75) is 44.2 Å². The lowest BCUT2D eigenvalue weighted by atomic mass is 10.1. The molecule has 11 nitrogen and oxygen atoms in total. The highest BCUT2D eigenvalue weighted by Gasteiger charge is 2.53. The van der Waals surface area contributed by atoms with Gasteiger partial charge in [-0.3, -0.25) is 14.7 Å². The molecule has 5 N–H and O–H groups in total. The van der Waals surface area contributed by atoms with Crippen molar-refractivity contribution in [3.05, 3.63) is 52.6 Å². The Morgan fingerprint density at radius 1 is 1.08 bits per heavy atom. The fourth-order valence-electron chi connectivity index (χ4n) is 5.50. The maximum atomic E-state index is 12.7. The highest BCUT2D eigenvalue weighted by Crippen LogP contribution is 2.46. The lowest BCUT2D eigenvalue weighted by Gasteiger charge is -2.37. The largest absolute Gasteiger partial charge is 0.354 e. The molecule has 204 valence electrons. The van der Waals surface area contributed by atoms with Crippen LogP contribution in [0.25, 0.3) is 5.69 Å². The van der Waals surface area contributed by atoms with Gasteiger partial charge in [-0.15, -0.1) is 0 Å². The van der Waals surface area contributed by atoms with E-state index in [1.165, 1.54) is 16.6 Å². The number of rotatable bonds is 6. The first-order chi connectivity index (χ1) is 18.0. The molecule has 2 saturated heterocycles. The molecule has 0 bridgehead atoms. The van der Waals surface area contributed by atoms with Gasteiger partial charge in [0.05, 0.1) is 11.2 Å². The monoisotopic (exact) mass is 522 g/mol. The number of carbonyl (C=O) groups excluding carboxylic acids is 2. The molecular formula is C27H38N8O3. The molecule has 38 heavy (non-hydrogen) atoms. The number of aromatic nitrogens is 2. The molecular weight excluding hydrogens is 484 g/mol. The van der Waals surface area contributed by atoms with E-state index in [2.05, 4.69) is 15.2 Å². The van der Waals surface area contributed by atoms with Crippen molar-refractivity contribution < 1.29 is 9.59 Å². The van der Waals surface area contributed by atoms with Crippen LogP contribution in [-0.4, -0.2) is 93.1 Å². The van der Waals surface area contributed by atoms with E-state index < -0.39 is 11.2 Å². The number of nitrogens with two attached hydrogens (primary N) is 2. The summed E-state index contributed by atoms with van der Waals surface area (Å²) in [6.07, 6.45) is 4.91. The summed E-state index contributed by atoms with van der Waals surface area (Å²) >= 11 is 0. The molecule has 3 amide bonds. The molecule has 2 aromatic rings. The Bertz CT molecular complexity index is 1250. The number of piperidine rings is 1. The van der Waals surface area contributed by atoms with Crippen molar-refractivity contribution in [1.82, 2.24) is 24.3 Å². The highest BCUT2D eigenvalue weighted by atomic mass is 16.2. The van der Waals surface area contributed by atoms with E-state index in [4.69, 9.17) is 11.5 Å². The van der Waals surface area contributed by atoms with E-state index in [1.807, 2.05) is 24.3 Å². The zero-order chi connectivity index (χ0) is 27.1. The maximum absolute atomic E-state index is 12.7. The number of fused-ring (bicyclic) bond motifs is 1. The summed E-state index contributed by atoms with van der Waals surface area (Å²) < 4.78 is 1.45. The average Bonchev–Trinajstić information content (AvgIpc) is 3.57. The minimum absolute atomic E-state index is 0.0548. The Labute approximate surface area is 222 Å². The topological polar surface area (TPSA) is 143 Å². The summed E-state index contributed by atoms with van der Waals surface area (Å²) in [4.78, 5) is 47.5. The van der Waals surface area contributed by atoms with Crippen molar-refractivity contribution in [3.63, 3.8) is 0 Å². The Morgan fingerprint density at radius 2 is 1.76 bits per heavy atom. The molecule has 2 unspecified atom stereocenters. The van der Waals surface area contributed by atoms with Gasteiger partial charge in [-0.1, -0.05) is 12.1 Å². The predicted octanol–water partition coefficient (Wildman–Crippen LogP) is 0.612. The summed E-state index contributed by atoms with van der Waals surface area (Å²) in [6.45, 7) is 8.00. The minimum Gasteiger partial charge on any atom is -0.338 e. The standard InChI is InChI=1S/C27H38N8O3/c1-26(2,28)23(36)33-13-15-34(16-14-33)24(37)30-22-9-12-35(25(38)31-22)21-5-3-19(4-6-21)7-10-32-11-8-20-17-27(20,29)18-32/h3-6,9,12,20H,7-8,10-11,13-18,28-29H2,1-2H3,(H,30,31,37,38). The Hall–Kier alpha value is -3.28. The normalized spacial score (nSPS) is 23.6. The van der Waals surface area contributed by atoms with Crippen molar-refractivity contribution >= 4 is 17.8 Å². The Balaban J connectivity index is 1.13. The molecule has 0 spiro atoms. The van der Waals surface area contributed by atoms with Gasteiger partial charge in [-0.25, -0.2) is 9.59 Å². The lowest BCUT2D eigenvalue weighted by molar-refractivity contribution is -0.137. The molecule has 1 aliphatic carbocycles. The summed E-state index contributed by atoms with van der Waals surface area (Å²) in [5.41, 5.74) is 12.9. The third-order valence-electron chi connectivity index (χ3n) is 7.97. The van der Waals surface area contributed by atoms with E-state index in [1.54, 1.807) is 35.9 Å². The quantitative estimate of drug-likeness (QED) is 0.504. The maximum Gasteiger partial charge on any atom is 0.354 e. The summed E-state index contributed by atoms with van der Waals surface area (Å²) in [6, 6.07) is 9.15. The second-order valence-electron chi connectivity index (χ2n) is 11.5. The van der Waals surface area contributed by atoms with Gasteiger partial charge in [0.1, 0.15) is 5.82 Å². The van der Waals surface area contributed by atoms with Crippen molar-refractivity contribution in [3.8, 4) is 5.69 Å². The number of nitrogens with one attached hydrogen (secondary N) is 1. The molecule has 1 aromatic carbocycles. The van der Waals surface area contributed by atoms with Crippen LogP contribution < -0.4 is 22.5 Å². The van der Waals surface area contributed by atoms with Crippen LogP contribution in [-0.2, 0) is 11.2 Å². The van der Waals surface area contributed by atoms with E-state index in [0.717, 1.165) is 38.4 Å². The SMILES string of the molecule is CC(C)(N)C(=O)N1CCN(C(=O)Nc2ccn(-c3ccc(CCN4CCC5CC5(N)C4)cc3)c(=O)n2)CC1. The van der Waals surface area contributed by atoms with Gasteiger partial charge in [-0.2, -0.15) is 4.98 Å². The van der Waals surface area contributed by atoms with Crippen LogP contribution in [0, 0.1) is 5.92 Å². The summed E-state index contributed by atoms with van der Waals surface area (Å²) in [7, 11) is 0. The van der Waals surface area contributed by atoms with Crippen molar-refractivity contribution in [2.24, 2.45) is 17.4 Å². The van der Waals surface area contributed by atoms with Crippen LogP contribution in [0.2, 0.25) is 0 Å². The molecule has 1 saturated carbocycles. The van der Waals surface area contributed by atoms with Crippen molar-refractivity contribution in [1.29, 1.82) is 0 Å². The first kappa shape index (κ1) is 26.3. The molecule has 0 radical (unpaired) electrons. The molecule has 3 aliphatic rings. The van der Waals surface area contributed by atoms with Crippen LogP contribution in [0.5, 0.6) is 0 Å². The van der Waals surface area contributed by atoms with Crippen LogP contribution in [0.1, 0.15) is 32.3 Å². The van der Waals surface area contributed by atoms with Gasteiger partial charge in [0, 0.05) is 51.0 Å². The number of benzene rings is 1. The fraction of sp³-hybridized carbons (Fsp3) is 0.556. The van der Waals surface area contributed by atoms with E-state index in [-0.39, 0.29) is 23.3 Å². The van der Waals surface area contributed by atoms with Crippen molar-refractivity contribution in [2.75, 3.05) is 51.1 Å². The van der Waals surface area contributed by atoms with Gasteiger partial charge in [0.2, 0.25) is 5.91 Å². The molecule has 1 aromatic heterocycles. The first-order valence-electron chi connectivity index (χ1n) is 13.4.